The van der Waals surface area contributed by atoms with E-state index < -0.39 is 0 Å². The van der Waals surface area contributed by atoms with Gasteiger partial charge in [0.15, 0.2) is 5.11 Å². The Morgan fingerprint density at radius 3 is 2.81 bits per heavy atom. The standard InChI is InChI=1S/C19H29N5O2S/c25-18(15-24-10-3-6-16-5-1-2-7-17(16)24)21-22-19(27)20-8-4-9-23-11-13-26-14-12-23/h1-2,5,7H,3-4,6,8-15H2,(H,21,25)(H2,20,22,27). The van der Waals surface area contributed by atoms with E-state index in [4.69, 9.17) is 17.0 Å². The zero-order valence-electron chi connectivity index (χ0n) is 15.7. The number of ether oxygens (including phenoxy) is 1. The minimum Gasteiger partial charge on any atom is -0.379 e. The highest BCUT2D eigenvalue weighted by atomic mass is 32.1. The van der Waals surface area contributed by atoms with Crippen LogP contribution >= 0.6 is 12.2 Å². The number of nitrogens with zero attached hydrogens (tertiary/aromatic N) is 2. The highest BCUT2D eigenvalue weighted by Gasteiger charge is 2.18. The third-order valence-electron chi connectivity index (χ3n) is 4.90. The lowest BCUT2D eigenvalue weighted by atomic mass is 10.0. The molecule has 1 aromatic rings. The van der Waals surface area contributed by atoms with E-state index in [0.717, 1.165) is 70.9 Å². The predicted molar refractivity (Wildman–Crippen MR) is 111 cm³/mol. The summed E-state index contributed by atoms with van der Waals surface area (Å²) in [4.78, 5) is 16.7. The SMILES string of the molecule is O=C(CN1CCCc2ccccc21)NNC(=S)NCCCN1CCOCC1. The Morgan fingerprint density at radius 1 is 1.15 bits per heavy atom. The molecular formula is C19H29N5O2S. The Kier molecular flexibility index (Phi) is 7.67. The van der Waals surface area contributed by atoms with E-state index in [2.05, 4.69) is 38.1 Å². The third-order valence-corrected chi connectivity index (χ3v) is 5.14. The van der Waals surface area contributed by atoms with Crippen molar-refractivity contribution in [3.8, 4) is 0 Å². The molecule has 1 amide bonds. The molecule has 0 saturated carbocycles. The first-order valence-electron chi connectivity index (χ1n) is 9.68. The number of carbonyl (C=O) groups is 1. The zero-order valence-corrected chi connectivity index (χ0v) is 16.5. The average Bonchev–Trinajstić information content (AvgIpc) is 2.71. The fourth-order valence-electron chi connectivity index (χ4n) is 3.49. The van der Waals surface area contributed by atoms with Crippen LogP contribution in [0.3, 0.4) is 0 Å². The fraction of sp³-hybridized carbons (Fsp3) is 0.579. The molecule has 0 spiro atoms. The third kappa shape index (κ3) is 6.34. The van der Waals surface area contributed by atoms with Crippen LogP contribution < -0.4 is 21.1 Å². The number of thiocarbonyl (C=S) groups is 1. The molecule has 2 heterocycles. The number of nitrogens with one attached hydrogen (secondary N) is 3. The normalized spacial score (nSPS) is 17.1. The molecule has 0 aliphatic carbocycles. The van der Waals surface area contributed by atoms with Gasteiger partial charge in [0.25, 0.3) is 5.91 Å². The quantitative estimate of drug-likeness (QED) is 0.374. The molecule has 0 atom stereocenters. The summed E-state index contributed by atoms with van der Waals surface area (Å²) in [5.41, 5.74) is 7.95. The Balaban J connectivity index is 1.30. The van der Waals surface area contributed by atoms with E-state index in [-0.39, 0.29) is 5.91 Å². The van der Waals surface area contributed by atoms with Gasteiger partial charge in [-0.05, 0) is 49.7 Å². The minimum absolute atomic E-state index is 0.0934. The molecule has 2 aliphatic rings. The summed E-state index contributed by atoms with van der Waals surface area (Å²) in [6.45, 7) is 6.66. The lowest BCUT2D eigenvalue weighted by Crippen LogP contribution is -2.50. The van der Waals surface area contributed by atoms with Crippen molar-refractivity contribution < 1.29 is 9.53 Å². The maximum atomic E-state index is 12.2. The number of aryl methyl sites for hydroxylation is 1. The van der Waals surface area contributed by atoms with Crippen LogP contribution in [0.25, 0.3) is 0 Å². The van der Waals surface area contributed by atoms with Crippen molar-refractivity contribution in [2.45, 2.75) is 19.3 Å². The first-order valence-corrected chi connectivity index (χ1v) is 10.1. The molecule has 1 aromatic carbocycles. The van der Waals surface area contributed by atoms with E-state index in [1.807, 2.05) is 12.1 Å². The number of hydrogen-bond acceptors (Lipinski definition) is 5. The van der Waals surface area contributed by atoms with Gasteiger partial charge in [0.1, 0.15) is 0 Å². The molecule has 7 nitrogen and oxygen atoms in total. The number of hydrogen-bond donors (Lipinski definition) is 3. The summed E-state index contributed by atoms with van der Waals surface area (Å²) in [6.07, 6.45) is 3.15. The van der Waals surface area contributed by atoms with E-state index >= 15 is 0 Å². The monoisotopic (exact) mass is 391 g/mol. The molecule has 0 unspecified atom stereocenters. The van der Waals surface area contributed by atoms with Gasteiger partial charge >= 0.3 is 0 Å². The first kappa shape index (κ1) is 19.9. The molecule has 148 valence electrons. The molecule has 2 aliphatic heterocycles. The van der Waals surface area contributed by atoms with Crippen LogP contribution in [0, 0.1) is 0 Å². The van der Waals surface area contributed by atoms with Crippen molar-refractivity contribution in [2.24, 2.45) is 0 Å². The lowest BCUT2D eigenvalue weighted by molar-refractivity contribution is -0.120. The Hall–Kier alpha value is -1.90. The highest BCUT2D eigenvalue weighted by molar-refractivity contribution is 7.80. The smallest absolute Gasteiger partial charge is 0.257 e. The average molecular weight is 392 g/mol. The largest absolute Gasteiger partial charge is 0.379 e. The lowest BCUT2D eigenvalue weighted by Gasteiger charge is -2.30. The number of anilines is 1. The first-order chi connectivity index (χ1) is 13.2. The van der Waals surface area contributed by atoms with Crippen molar-refractivity contribution in [3.63, 3.8) is 0 Å². The minimum atomic E-state index is -0.0934. The van der Waals surface area contributed by atoms with Crippen LogP contribution in [0.1, 0.15) is 18.4 Å². The molecule has 1 fully saturated rings. The van der Waals surface area contributed by atoms with Crippen LogP contribution in [0.2, 0.25) is 0 Å². The molecule has 0 aromatic heterocycles. The topological polar surface area (TPSA) is 68.9 Å². The zero-order chi connectivity index (χ0) is 18.9. The number of fused-ring (bicyclic) bond motifs is 1. The number of para-hydroxylation sites is 1. The summed E-state index contributed by atoms with van der Waals surface area (Å²) in [5.74, 6) is -0.0934. The number of benzene rings is 1. The molecule has 1 saturated heterocycles. The van der Waals surface area contributed by atoms with Crippen LogP contribution in [-0.2, 0) is 16.0 Å². The maximum absolute atomic E-state index is 12.2. The van der Waals surface area contributed by atoms with E-state index in [1.165, 1.54) is 5.56 Å². The van der Waals surface area contributed by atoms with Crippen molar-refractivity contribution in [1.82, 2.24) is 21.1 Å². The molecule has 3 rings (SSSR count). The van der Waals surface area contributed by atoms with Crippen LogP contribution in [0.15, 0.2) is 24.3 Å². The van der Waals surface area contributed by atoms with Gasteiger partial charge in [0.05, 0.1) is 19.8 Å². The molecule has 8 heteroatoms. The Bertz CT molecular complexity index is 636. The van der Waals surface area contributed by atoms with Crippen LogP contribution in [0.4, 0.5) is 5.69 Å². The van der Waals surface area contributed by atoms with E-state index in [0.29, 0.717) is 11.7 Å². The summed E-state index contributed by atoms with van der Waals surface area (Å²) >= 11 is 5.23. The second-order valence-corrected chi connectivity index (χ2v) is 7.30. The maximum Gasteiger partial charge on any atom is 0.257 e. The summed E-state index contributed by atoms with van der Waals surface area (Å²) < 4.78 is 5.34. The number of rotatable bonds is 6. The van der Waals surface area contributed by atoms with Gasteiger partial charge in [0, 0.05) is 31.9 Å². The number of amides is 1. The molecule has 0 radical (unpaired) electrons. The second-order valence-electron chi connectivity index (χ2n) is 6.89. The van der Waals surface area contributed by atoms with Gasteiger partial charge in [0.2, 0.25) is 0 Å². The fourth-order valence-corrected chi connectivity index (χ4v) is 3.64. The van der Waals surface area contributed by atoms with Gasteiger partial charge in [-0.25, -0.2) is 0 Å². The summed E-state index contributed by atoms with van der Waals surface area (Å²) in [7, 11) is 0. The molecular weight excluding hydrogens is 362 g/mol. The number of morpholine rings is 1. The van der Waals surface area contributed by atoms with Crippen molar-refractivity contribution in [2.75, 3.05) is 57.4 Å². The summed E-state index contributed by atoms with van der Waals surface area (Å²) in [6, 6.07) is 8.28. The van der Waals surface area contributed by atoms with Gasteiger partial charge in [-0.3, -0.25) is 20.5 Å². The van der Waals surface area contributed by atoms with E-state index in [1.54, 1.807) is 0 Å². The van der Waals surface area contributed by atoms with Crippen molar-refractivity contribution in [3.05, 3.63) is 29.8 Å². The molecule has 0 bridgehead atoms. The molecule has 27 heavy (non-hydrogen) atoms. The van der Waals surface area contributed by atoms with Crippen molar-refractivity contribution in [1.29, 1.82) is 0 Å². The Labute approximate surface area is 166 Å². The van der Waals surface area contributed by atoms with Gasteiger partial charge < -0.3 is 15.0 Å². The molecule has 3 N–H and O–H groups in total. The van der Waals surface area contributed by atoms with Gasteiger partial charge in [-0.1, -0.05) is 18.2 Å². The highest BCUT2D eigenvalue weighted by Crippen LogP contribution is 2.26. The number of hydrazine groups is 1. The van der Waals surface area contributed by atoms with Crippen LogP contribution in [-0.4, -0.2) is 68.4 Å². The van der Waals surface area contributed by atoms with Crippen molar-refractivity contribution >= 4 is 28.9 Å². The Morgan fingerprint density at radius 2 is 1.96 bits per heavy atom. The summed E-state index contributed by atoms with van der Waals surface area (Å²) in [5, 5.41) is 3.58. The predicted octanol–water partition coefficient (Wildman–Crippen LogP) is 0.657. The number of carbonyl (C=O) groups excluding carboxylic acids is 1. The van der Waals surface area contributed by atoms with Gasteiger partial charge in [-0.2, -0.15) is 0 Å². The van der Waals surface area contributed by atoms with Gasteiger partial charge in [-0.15, -0.1) is 0 Å². The second kappa shape index (κ2) is 10.4. The van der Waals surface area contributed by atoms with Crippen LogP contribution in [0.5, 0.6) is 0 Å². The van der Waals surface area contributed by atoms with E-state index in [9.17, 15) is 4.79 Å².